The van der Waals surface area contributed by atoms with Gasteiger partial charge >= 0.3 is 0 Å². The molecule has 8 nitrogen and oxygen atoms in total. The lowest BCUT2D eigenvalue weighted by atomic mass is 10.2. The number of amides is 2. The van der Waals surface area contributed by atoms with Crippen molar-refractivity contribution in [2.24, 2.45) is 0 Å². The third-order valence-corrected chi connectivity index (χ3v) is 4.75. The van der Waals surface area contributed by atoms with Crippen molar-refractivity contribution in [2.45, 2.75) is 6.92 Å². The first-order valence-electron chi connectivity index (χ1n) is 8.10. The molecule has 0 radical (unpaired) electrons. The first kappa shape index (κ1) is 20.2. The van der Waals surface area contributed by atoms with Gasteiger partial charge in [-0.2, -0.15) is 0 Å². The van der Waals surface area contributed by atoms with Crippen molar-refractivity contribution >= 4 is 33.2 Å². The fraction of sp³-hybridized carbons (Fsp3) is 0.222. The van der Waals surface area contributed by atoms with E-state index in [1.165, 1.54) is 20.1 Å². The second-order valence-corrected chi connectivity index (χ2v) is 7.48. The Morgan fingerprint density at radius 3 is 2.44 bits per heavy atom. The third kappa shape index (κ3) is 6.30. The Morgan fingerprint density at radius 2 is 1.74 bits per heavy atom. The first-order valence-corrected chi connectivity index (χ1v) is 9.75. The van der Waals surface area contributed by atoms with E-state index in [-0.39, 0.29) is 18.2 Å². The standard InChI is InChI=1S/C18H21N3O5S/c1-13(22)20-14-6-5-7-15(12-14)21-27(24,25)11-10-19-18(23)16-8-3-4-9-17(16)26-2/h3-9,12,21H,10-11H2,1-2H3,(H,19,23)(H,20,22). The maximum atomic E-state index is 12.2. The average molecular weight is 391 g/mol. The maximum Gasteiger partial charge on any atom is 0.255 e. The van der Waals surface area contributed by atoms with Crippen LogP contribution in [0, 0.1) is 0 Å². The molecule has 0 unspecified atom stereocenters. The van der Waals surface area contributed by atoms with Crippen LogP contribution >= 0.6 is 0 Å². The minimum Gasteiger partial charge on any atom is -0.496 e. The summed E-state index contributed by atoms with van der Waals surface area (Å²) in [5.41, 5.74) is 1.12. The molecule has 27 heavy (non-hydrogen) atoms. The van der Waals surface area contributed by atoms with Crippen LogP contribution < -0.4 is 20.1 Å². The smallest absolute Gasteiger partial charge is 0.255 e. The molecule has 2 rings (SSSR count). The van der Waals surface area contributed by atoms with Crippen molar-refractivity contribution in [2.75, 3.05) is 29.4 Å². The van der Waals surface area contributed by atoms with Gasteiger partial charge in [0.2, 0.25) is 15.9 Å². The van der Waals surface area contributed by atoms with Gasteiger partial charge in [-0.25, -0.2) is 8.42 Å². The van der Waals surface area contributed by atoms with Crippen molar-refractivity contribution in [1.82, 2.24) is 5.32 Å². The van der Waals surface area contributed by atoms with Crippen LogP contribution in [-0.2, 0) is 14.8 Å². The number of sulfonamides is 1. The molecular formula is C18H21N3O5S. The number of rotatable bonds is 8. The zero-order valence-electron chi connectivity index (χ0n) is 15.0. The van der Waals surface area contributed by atoms with E-state index in [0.717, 1.165) is 0 Å². The Balaban J connectivity index is 1.93. The number of anilines is 2. The topological polar surface area (TPSA) is 114 Å². The molecule has 2 aromatic carbocycles. The summed E-state index contributed by atoms with van der Waals surface area (Å²) >= 11 is 0. The highest BCUT2D eigenvalue weighted by Crippen LogP contribution is 2.17. The highest BCUT2D eigenvalue weighted by Gasteiger charge is 2.14. The summed E-state index contributed by atoms with van der Waals surface area (Å²) in [6.45, 7) is 1.29. The Labute approximate surface area is 158 Å². The van der Waals surface area contributed by atoms with E-state index in [1.54, 1.807) is 42.5 Å². The second kappa shape index (κ2) is 9.04. The fourth-order valence-corrected chi connectivity index (χ4v) is 3.28. The molecule has 0 aliphatic rings. The zero-order chi connectivity index (χ0) is 19.9. The first-order chi connectivity index (χ1) is 12.8. The van der Waals surface area contributed by atoms with E-state index in [1.807, 2.05) is 0 Å². The minimum absolute atomic E-state index is 0.0718. The van der Waals surface area contributed by atoms with Crippen LogP contribution in [0.15, 0.2) is 48.5 Å². The summed E-state index contributed by atoms with van der Waals surface area (Å²) in [7, 11) is -2.23. The Bertz CT molecular complexity index is 928. The SMILES string of the molecule is COc1ccccc1C(=O)NCCS(=O)(=O)Nc1cccc(NC(C)=O)c1. The molecule has 0 spiro atoms. The highest BCUT2D eigenvalue weighted by molar-refractivity contribution is 7.92. The highest BCUT2D eigenvalue weighted by atomic mass is 32.2. The Kier molecular flexibility index (Phi) is 6.78. The van der Waals surface area contributed by atoms with Gasteiger partial charge in [0.1, 0.15) is 5.75 Å². The molecule has 0 aliphatic heterocycles. The number of nitrogens with one attached hydrogen (secondary N) is 3. The number of ether oxygens (including phenoxy) is 1. The predicted molar refractivity (Wildman–Crippen MR) is 103 cm³/mol. The number of para-hydroxylation sites is 1. The van der Waals surface area contributed by atoms with Crippen LogP contribution in [0.5, 0.6) is 5.75 Å². The molecule has 0 heterocycles. The van der Waals surface area contributed by atoms with Gasteiger partial charge in [0.15, 0.2) is 0 Å². The Hall–Kier alpha value is -3.07. The van der Waals surface area contributed by atoms with Crippen molar-refractivity contribution in [3.05, 3.63) is 54.1 Å². The molecule has 2 amide bonds. The molecular weight excluding hydrogens is 370 g/mol. The third-order valence-electron chi connectivity index (χ3n) is 3.46. The maximum absolute atomic E-state index is 12.2. The minimum atomic E-state index is -3.68. The van der Waals surface area contributed by atoms with Gasteiger partial charge in [-0.3, -0.25) is 14.3 Å². The van der Waals surface area contributed by atoms with E-state index in [4.69, 9.17) is 4.74 Å². The lowest BCUT2D eigenvalue weighted by Gasteiger charge is -2.11. The molecule has 144 valence electrons. The van der Waals surface area contributed by atoms with Crippen molar-refractivity contribution in [1.29, 1.82) is 0 Å². The summed E-state index contributed by atoms with van der Waals surface area (Å²) in [6.07, 6.45) is 0. The molecule has 0 fully saturated rings. The molecule has 0 saturated heterocycles. The number of hydrogen-bond acceptors (Lipinski definition) is 5. The van der Waals surface area contributed by atoms with E-state index in [2.05, 4.69) is 15.4 Å². The molecule has 0 aliphatic carbocycles. The Morgan fingerprint density at radius 1 is 1.04 bits per heavy atom. The van der Waals surface area contributed by atoms with Crippen molar-refractivity contribution < 1.29 is 22.7 Å². The van der Waals surface area contributed by atoms with Gasteiger partial charge in [0.05, 0.1) is 24.1 Å². The lowest BCUT2D eigenvalue weighted by Crippen LogP contribution is -2.31. The predicted octanol–water partition coefficient (Wildman–Crippen LogP) is 1.83. The molecule has 0 bridgehead atoms. The normalized spacial score (nSPS) is 10.7. The summed E-state index contributed by atoms with van der Waals surface area (Å²) in [5, 5.41) is 5.13. The van der Waals surface area contributed by atoms with Crippen molar-refractivity contribution in [3.8, 4) is 5.75 Å². The van der Waals surface area contributed by atoms with Gasteiger partial charge < -0.3 is 15.4 Å². The van der Waals surface area contributed by atoms with Crippen LogP contribution in [0.4, 0.5) is 11.4 Å². The van der Waals surface area contributed by atoms with Crippen LogP contribution in [0.25, 0.3) is 0 Å². The van der Waals surface area contributed by atoms with Gasteiger partial charge in [-0.1, -0.05) is 18.2 Å². The number of benzene rings is 2. The van der Waals surface area contributed by atoms with E-state index >= 15 is 0 Å². The van der Waals surface area contributed by atoms with E-state index in [0.29, 0.717) is 22.7 Å². The van der Waals surface area contributed by atoms with Gasteiger partial charge in [0, 0.05) is 19.2 Å². The molecule has 3 N–H and O–H groups in total. The summed E-state index contributed by atoms with van der Waals surface area (Å²) in [4.78, 5) is 23.2. The molecule has 0 atom stereocenters. The fourth-order valence-electron chi connectivity index (χ4n) is 2.32. The van der Waals surface area contributed by atoms with E-state index in [9.17, 15) is 18.0 Å². The summed E-state index contributed by atoms with van der Waals surface area (Å²) < 4.78 is 31.9. The summed E-state index contributed by atoms with van der Waals surface area (Å²) in [5.74, 6) is -0.576. The van der Waals surface area contributed by atoms with Gasteiger partial charge in [-0.05, 0) is 30.3 Å². The number of carbonyl (C=O) groups excluding carboxylic acids is 2. The van der Waals surface area contributed by atoms with Crippen LogP contribution in [0.1, 0.15) is 17.3 Å². The lowest BCUT2D eigenvalue weighted by molar-refractivity contribution is -0.114. The summed E-state index contributed by atoms with van der Waals surface area (Å²) in [6, 6.07) is 13.0. The van der Waals surface area contributed by atoms with Gasteiger partial charge in [0.25, 0.3) is 5.91 Å². The average Bonchev–Trinajstić information content (AvgIpc) is 2.60. The quantitative estimate of drug-likeness (QED) is 0.635. The number of carbonyl (C=O) groups is 2. The number of hydrogen-bond donors (Lipinski definition) is 3. The number of methoxy groups -OCH3 is 1. The van der Waals surface area contributed by atoms with Gasteiger partial charge in [-0.15, -0.1) is 0 Å². The largest absolute Gasteiger partial charge is 0.496 e. The van der Waals surface area contributed by atoms with Crippen LogP contribution in [0.3, 0.4) is 0 Å². The van der Waals surface area contributed by atoms with E-state index < -0.39 is 15.9 Å². The second-order valence-electron chi connectivity index (χ2n) is 5.64. The van der Waals surface area contributed by atoms with Crippen LogP contribution in [0.2, 0.25) is 0 Å². The zero-order valence-corrected chi connectivity index (χ0v) is 15.8. The van der Waals surface area contributed by atoms with Crippen molar-refractivity contribution in [3.63, 3.8) is 0 Å². The monoisotopic (exact) mass is 391 g/mol. The van der Waals surface area contributed by atoms with Crippen LogP contribution in [-0.4, -0.2) is 39.6 Å². The molecule has 9 heteroatoms. The molecule has 0 saturated carbocycles. The molecule has 0 aromatic heterocycles. The molecule has 2 aromatic rings.